The highest BCUT2D eigenvalue weighted by atomic mass is 35.5. The zero-order valence-electron chi connectivity index (χ0n) is 9.68. The van der Waals surface area contributed by atoms with Crippen molar-refractivity contribution in [2.45, 2.75) is 20.0 Å². The van der Waals surface area contributed by atoms with Gasteiger partial charge in [0.05, 0.1) is 5.02 Å². The van der Waals surface area contributed by atoms with Crippen molar-refractivity contribution in [1.82, 2.24) is 10.1 Å². The first kappa shape index (κ1) is 12.4. The minimum absolute atomic E-state index is 0.137. The van der Waals surface area contributed by atoms with Gasteiger partial charge in [0.1, 0.15) is 17.4 Å². The molecule has 0 N–H and O–H groups in total. The van der Waals surface area contributed by atoms with Crippen molar-refractivity contribution < 1.29 is 9.26 Å². The van der Waals surface area contributed by atoms with Gasteiger partial charge in [-0.1, -0.05) is 29.7 Å². The molecular weight excluding hydrogens is 254 g/mol. The van der Waals surface area contributed by atoms with E-state index in [0.717, 1.165) is 0 Å². The second-order valence-corrected chi connectivity index (χ2v) is 3.88. The zero-order chi connectivity index (χ0) is 13.0. The Labute approximate surface area is 109 Å². The highest BCUT2D eigenvalue weighted by molar-refractivity contribution is 6.31. The van der Waals surface area contributed by atoms with Crippen molar-refractivity contribution in [3.8, 4) is 11.8 Å². The molecule has 2 rings (SSSR count). The van der Waals surface area contributed by atoms with Crippen molar-refractivity contribution in [3.05, 3.63) is 40.5 Å². The number of hydrogen-bond acceptors (Lipinski definition) is 5. The number of aromatic nitrogens is 2. The van der Waals surface area contributed by atoms with Crippen molar-refractivity contribution in [2.75, 3.05) is 0 Å². The van der Waals surface area contributed by atoms with Crippen LogP contribution in [-0.4, -0.2) is 10.1 Å². The predicted octanol–water partition coefficient (Wildman–Crippen LogP) is 2.74. The molecule has 0 atom stereocenters. The standard InChI is InChI=1S/C12H10ClN3O2/c1-2-12-15-11(16-18-12)7-17-10-5-3-4-9(13)8(10)6-14/h3-5H,2,7H2,1H3. The smallest absolute Gasteiger partial charge is 0.226 e. The van der Waals surface area contributed by atoms with E-state index in [1.165, 1.54) is 0 Å². The first-order valence-electron chi connectivity index (χ1n) is 5.37. The minimum atomic E-state index is 0.137. The summed E-state index contributed by atoms with van der Waals surface area (Å²) in [6, 6.07) is 7.02. The van der Waals surface area contributed by atoms with Crippen LogP contribution in [0, 0.1) is 11.3 Å². The van der Waals surface area contributed by atoms with E-state index in [9.17, 15) is 0 Å². The number of aryl methyl sites for hydroxylation is 1. The topological polar surface area (TPSA) is 71.9 Å². The van der Waals surface area contributed by atoms with Crippen molar-refractivity contribution >= 4 is 11.6 Å². The van der Waals surface area contributed by atoms with E-state index in [-0.39, 0.29) is 6.61 Å². The largest absolute Gasteiger partial charge is 0.484 e. The Morgan fingerprint density at radius 1 is 1.50 bits per heavy atom. The van der Waals surface area contributed by atoms with Crippen LogP contribution in [0.5, 0.6) is 5.75 Å². The lowest BCUT2D eigenvalue weighted by Gasteiger charge is -2.05. The molecule has 0 bridgehead atoms. The van der Waals surface area contributed by atoms with Gasteiger partial charge in [0.2, 0.25) is 11.7 Å². The van der Waals surface area contributed by atoms with Gasteiger partial charge >= 0.3 is 0 Å². The van der Waals surface area contributed by atoms with E-state index < -0.39 is 0 Å². The third-order valence-corrected chi connectivity index (χ3v) is 2.57. The van der Waals surface area contributed by atoms with Crippen LogP contribution in [0.25, 0.3) is 0 Å². The second-order valence-electron chi connectivity index (χ2n) is 3.47. The summed E-state index contributed by atoms with van der Waals surface area (Å²) in [6.45, 7) is 2.06. The van der Waals surface area contributed by atoms with E-state index in [0.29, 0.717) is 34.5 Å². The summed E-state index contributed by atoms with van der Waals surface area (Å²) >= 11 is 5.89. The van der Waals surface area contributed by atoms with Gasteiger partial charge in [-0.05, 0) is 12.1 Å². The molecule has 92 valence electrons. The molecule has 1 aromatic heterocycles. The van der Waals surface area contributed by atoms with Gasteiger partial charge in [-0.25, -0.2) is 0 Å². The number of benzene rings is 1. The Bertz CT molecular complexity index is 589. The number of hydrogen-bond donors (Lipinski definition) is 0. The number of nitriles is 1. The number of rotatable bonds is 4. The molecule has 1 heterocycles. The molecule has 0 unspecified atom stereocenters. The monoisotopic (exact) mass is 263 g/mol. The molecule has 1 aromatic carbocycles. The van der Waals surface area contributed by atoms with E-state index in [4.69, 9.17) is 26.1 Å². The predicted molar refractivity (Wildman–Crippen MR) is 64.2 cm³/mol. The lowest BCUT2D eigenvalue weighted by molar-refractivity contribution is 0.284. The molecule has 0 saturated heterocycles. The normalized spacial score (nSPS) is 10.1. The fourth-order valence-corrected chi connectivity index (χ4v) is 1.58. The number of ether oxygens (including phenoxy) is 1. The molecule has 0 spiro atoms. The third-order valence-electron chi connectivity index (χ3n) is 2.26. The van der Waals surface area contributed by atoms with E-state index >= 15 is 0 Å². The fraction of sp³-hybridized carbons (Fsp3) is 0.250. The summed E-state index contributed by atoms with van der Waals surface area (Å²) < 4.78 is 10.4. The summed E-state index contributed by atoms with van der Waals surface area (Å²) in [4.78, 5) is 4.10. The summed E-state index contributed by atoms with van der Waals surface area (Å²) in [5, 5.41) is 13.1. The fourth-order valence-electron chi connectivity index (χ4n) is 1.37. The van der Waals surface area contributed by atoms with Crippen molar-refractivity contribution in [3.63, 3.8) is 0 Å². The van der Waals surface area contributed by atoms with Gasteiger partial charge in [-0.3, -0.25) is 0 Å². The van der Waals surface area contributed by atoms with Crippen LogP contribution >= 0.6 is 11.6 Å². The third kappa shape index (κ3) is 2.60. The van der Waals surface area contributed by atoms with Crippen molar-refractivity contribution in [1.29, 1.82) is 5.26 Å². The SMILES string of the molecule is CCc1nc(COc2cccc(Cl)c2C#N)no1. The maximum atomic E-state index is 8.97. The van der Waals surface area contributed by atoms with Crippen LogP contribution in [-0.2, 0) is 13.0 Å². The Morgan fingerprint density at radius 2 is 2.33 bits per heavy atom. The maximum absolute atomic E-state index is 8.97. The van der Waals surface area contributed by atoms with Crippen LogP contribution in [0.2, 0.25) is 5.02 Å². The lowest BCUT2D eigenvalue weighted by Crippen LogP contribution is -1.99. The first-order chi connectivity index (χ1) is 8.74. The van der Waals surface area contributed by atoms with Gasteiger partial charge in [0.15, 0.2) is 6.61 Å². The maximum Gasteiger partial charge on any atom is 0.226 e. The van der Waals surface area contributed by atoms with E-state index in [1.54, 1.807) is 18.2 Å². The molecule has 18 heavy (non-hydrogen) atoms. The number of nitrogens with zero attached hydrogens (tertiary/aromatic N) is 3. The van der Waals surface area contributed by atoms with Crippen molar-refractivity contribution in [2.24, 2.45) is 0 Å². The molecule has 0 aliphatic carbocycles. The summed E-state index contributed by atoms with van der Waals surface area (Å²) in [5.41, 5.74) is 0.304. The zero-order valence-corrected chi connectivity index (χ0v) is 10.4. The Hall–Kier alpha value is -2.06. The molecule has 2 aromatic rings. The summed E-state index contributed by atoms with van der Waals surface area (Å²) in [5.74, 6) is 1.41. The molecule has 6 heteroatoms. The van der Waals surface area contributed by atoms with Crippen LogP contribution in [0.4, 0.5) is 0 Å². The molecule has 0 aliphatic rings. The van der Waals surface area contributed by atoms with Gasteiger partial charge in [-0.15, -0.1) is 0 Å². The average molecular weight is 264 g/mol. The molecule has 0 aliphatic heterocycles. The molecule has 0 fully saturated rings. The minimum Gasteiger partial charge on any atom is -0.484 e. The summed E-state index contributed by atoms with van der Waals surface area (Å²) in [7, 11) is 0. The van der Waals surface area contributed by atoms with Crippen LogP contribution in [0.1, 0.15) is 24.2 Å². The first-order valence-corrected chi connectivity index (χ1v) is 5.75. The van der Waals surface area contributed by atoms with Gasteiger partial charge in [-0.2, -0.15) is 10.2 Å². The highest BCUT2D eigenvalue weighted by Crippen LogP contribution is 2.25. The van der Waals surface area contributed by atoms with Gasteiger partial charge in [0, 0.05) is 6.42 Å². The Balaban J connectivity index is 2.11. The van der Waals surface area contributed by atoms with E-state index in [2.05, 4.69) is 10.1 Å². The van der Waals surface area contributed by atoms with Gasteiger partial charge < -0.3 is 9.26 Å². The lowest BCUT2D eigenvalue weighted by atomic mass is 10.2. The van der Waals surface area contributed by atoms with Gasteiger partial charge in [0.25, 0.3) is 0 Å². The van der Waals surface area contributed by atoms with Crippen LogP contribution in [0.3, 0.4) is 0 Å². The second kappa shape index (κ2) is 5.52. The Kier molecular flexibility index (Phi) is 3.80. The molecule has 0 amide bonds. The average Bonchev–Trinajstić information content (AvgIpc) is 2.84. The molecule has 0 saturated carbocycles. The number of halogens is 1. The molecule has 0 radical (unpaired) electrons. The molecule has 5 nitrogen and oxygen atoms in total. The van der Waals surface area contributed by atoms with Crippen LogP contribution in [0.15, 0.2) is 22.7 Å². The van der Waals surface area contributed by atoms with Crippen LogP contribution < -0.4 is 4.74 Å². The molecular formula is C12H10ClN3O2. The van der Waals surface area contributed by atoms with E-state index in [1.807, 2.05) is 13.0 Å². The Morgan fingerprint density at radius 3 is 3.00 bits per heavy atom. The summed E-state index contributed by atoms with van der Waals surface area (Å²) in [6.07, 6.45) is 0.674. The quantitative estimate of drug-likeness (QED) is 0.848. The highest BCUT2D eigenvalue weighted by Gasteiger charge is 2.10.